The molecule has 20 heavy (non-hydrogen) atoms. The number of nitrogens with zero attached hydrogens (tertiary/aromatic N) is 3. The highest BCUT2D eigenvalue weighted by Crippen LogP contribution is 2.33. The van der Waals surface area contributed by atoms with Gasteiger partial charge in [0.2, 0.25) is 5.88 Å². The number of aromatic nitrogens is 3. The minimum absolute atomic E-state index is 0.146. The highest BCUT2D eigenvalue weighted by atomic mass is 32.1. The summed E-state index contributed by atoms with van der Waals surface area (Å²) < 4.78 is 6.40. The third-order valence-electron chi connectivity index (χ3n) is 2.68. The Bertz CT molecular complexity index is 800. The molecule has 0 fully saturated rings. The van der Waals surface area contributed by atoms with Crippen LogP contribution in [0, 0.1) is 6.92 Å². The first-order valence-electron chi connectivity index (χ1n) is 5.72. The number of rotatable bonds is 3. The third kappa shape index (κ3) is 2.08. The minimum atomic E-state index is -1.15. The Kier molecular flexibility index (Phi) is 3.03. The summed E-state index contributed by atoms with van der Waals surface area (Å²) in [5, 5.41) is 11.0. The van der Waals surface area contributed by atoms with E-state index in [4.69, 9.17) is 9.84 Å². The summed E-state index contributed by atoms with van der Waals surface area (Å²) in [5.74, 6) is -0.650. The molecule has 1 N–H and O–H groups in total. The molecule has 0 radical (unpaired) electrons. The van der Waals surface area contributed by atoms with Gasteiger partial charge in [0.15, 0.2) is 11.4 Å². The summed E-state index contributed by atoms with van der Waals surface area (Å²) in [6.45, 7) is 1.95. The second kappa shape index (κ2) is 4.86. The first-order chi connectivity index (χ1) is 9.66. The standard InChI is InChI=1S/C13H9N3O3S/c1-7-5-20-11-9(7)15-6-16-12(11)19-8-3-2-4-14-10(8)13(17)18/h2-6H,1H3,(H,17,18). The zero-order valence-corrected chi connectivity index (χ0v) is 11.2. The van der Waals surface area contributed by atoms with Crippen LogP contribution in [0.25, 0.3) is 10.2 Å². The van der Waals surface area contributed by atoms with E-state index in [0.29, 0.717) is 5.88 Å². The molecule has 0 spiro atoms. The van der Waals surface area contributed by atoms with Crippen LogP contribution in [0.3, 0.4) is 0 Å². The summed E-state index contributed by atoms with van der Waals surface area (Å²) in [6.07, 6.45) is 2.80. The predicted molar refractivity (Wildman–Crippen MR) is 73.4 cm³/mol. The third-order valence-corrected chi connectivity index (χ3v) is 3.75. The summed E-state index contributed by atoms with van der Waals surface area (Å²) in [7, 11) is 0. The number of carboxylic acid groups (broad SMARTS) is 1. The van der Waals surface area contributed by atoms with Crippen molar-refractivity contribution in [2.24, 2.45) is 0 Å². The Balaban J connectivity index is 2.08. The van der Waals surface area contributed by atoms with Crippen LogP contribution in [0.15, 0.2) is 30.0 Å². The van der Waals surface area contributed by atoms with E-state index in [1.165, 1.54) is 23.9 Å². The van der Waals surface area contributed by atoms with E-state index in [9.17, 15) is 4.79 Å². The number of hydrogen-bond donors (Lipinski definition) is 1. The van der Waals surface area contributed by atoms with Gasteiger partial charge in [-0.1, -0.05) is 0 Å². The van der Waals surface area contributed by atoms with Crippen LogP contribution in [0.4, 0.5) is 0 Å². The first-order valence-corrected chi connectivity index (χ1v) is 6.59. The predicted octanol–water partition coefficient (Wildman–Crippen LogP) is 2.89. The lowest BCUT2D eigenvalue weighted by atomic mass is 10.3. The molecular formula is C13H9N3O3S. The number of fused-ring (bicyclic) bond motifs is 1. The average molecular weight is 287 g/mol. The van der Waals surface area contributed by atoms with Gasteiger partial charge in [0.1, 0.15) is 11.0 Å². The molecule has 3 aromatic rings. The molecule has 3 aromatic heterocycles. The molecule has 0 saturated carbocycles. The number of pyridine rings is 1. The van der Waals surface area contributed by atoms with Crippen molar-refractivity contribution in [3.8, 4) is 11.6 Å². The fraction of sp³-hybridized carbons (Fsp3) is 0.0769. The summed E-state index contributed by atoms with van der Waals surface area (Å²) >= 11 is 1.46. The first kappa shape index (κ1) is 12.5. The molecule has 0 unspecified atom stereocenters. The van der Waals surface area contributed by atoms with E-state index < -0.39 is 5.97 Å². The minimum Gasteiger partial charge on any atom is -0.476 e. The van der Waals surface area contributed by atoms with Crippen LogP contribution in [0.5, 0.6) is 11.6 Å². The molecule has 0 aliphatic heterocycles. The normalized spacial score (nSPS) is 10.7. The fourth-order valence-electron chi connectivity index (χ4n) is 1.76. The van der Waals surface area contributed by atoms with Crippen molar-refractivity contribution < 1.29 is 14.6 Å². The maximum Gasteiger partial charge on any atom is 0.358 e. The number of aryl methyl sites for hydroxylation is 1. The van der Waals surface area contributed by atoms with Crippen LogP contribution >= 0.6 is 11.3 Å². The fourth-order valence-corrected chi connectivity index (χ4v) is 2.68. The lowest BCUT2D eigenvalue weighted by molar-refractivity contribution is 0.0687. The van der Waals surface area contributed by atoms with Gasteiger partial charge in [-0.15, -0.1) is 11.3 Å². The molecule has 0 aliphatic rings. The number of carboxylic acids is 1. The van der Waals surface area contributed by atoms with Gasteiger partial charge >= 0.3 is 5.97 Å². The second-order valence-corrected chi connectivity index (χ2v) is 4.91. The number of carbonyl (C=O) groups is 1. The van der Waals surface area contributed by atoms with Crippen LogP contribution in [0.1, 0.15) is 16.1 Å². The van der Waals surface area contributed by atoms with Crippen molar-refractivity contribution in [1.82, 2.24) is 15.0 Å². The van der Waals surface area contributed by atoms with Gasteiger partial charge in [-0.2, -0.15) is 0 Å². The molecule has 0 amide bonds. The van der Waals surface area contributed by atoms with Crippen LogP contribution < -0.4 is 4.74 Å². The Morgan fingerprint density at radius 1 is 1.35 bits per heavy atom. The van der Waals surface area contributed by atoms with Crippen molar-refractivity contribution in [1.29, 1.82) is 0 Å². The van der Waals surface area contributed by atoms with Crippen molar-refractivity contribution in [3.05, 3.63) is 41.3 Å². The van der Waals surface area contributed by atoms with E-state index in [2.05, 4.69) is 15.0 Å². The SMILES string of the molecule is Cc1csc2c(Oc3cccnc3C(=O)O)ncnc12. The largest absolute Gasteiger partial charge is 0.476 e. The second-order valence-electron chi connectivity index (χ2n) is 4.03. The lowest BCUT2D eigenvalue weighted by Crippen LogP contribution is -2.03. The number of hydrogen-bond acceptors (Lipinski definition) is 6. The van der Waals surface area contributed by atoms with Crippen LogP contribution in [-0.2, 0) is 0 Å². The highest BCUT2D eigenvalue weighted by Gasteiger charge is 2.16. The van der Waals surface area contributed by atoms with Gasteiger partial charge in [-0.25, -0.2) is 19.7 Å². The number of aromatic carboxylic acids is 1. The van der Waals surface area contributed by atoms with Crippen molar-refractivity contribution in [2.75, 3.05) is 0 Å². The van der Waals surface area contributed by atoms with E-state index in [1.54, 1.807) is 12.1 Å². The Morgan fingerprint density at radius 2 is 2.20 bits per heavy atom. The van der Waals surface area contributed by atoms with Gasteiger partial charge in [0.25, 0.3) is 0 Å². The highest BCUT2D eigenvalue weighted by molar-refractivity contribution is 7.17. The lowest BCUT2D eigenvalue weighted by Gasteiger charge is -2.07. The smallest absolute Gasteiger partial charge is 0.358 e. The van der Waals surface area contributed by atoms with E-state index >= 15 is 0 Å². The molecular weight excluding hydrogens is 278 g/mol. The van der Waals surface area contributed by atoms with Gasteiger partial charge in [-0.05, 0) is 30.0 Å². The van der Waals surface area contributed by atoms with Crippen molar-refractivity contribution in [3.63, 3.8) is 0 Å². The Hall–Kier alpha value is -2.54. The molecule has 0 saturated heterocycles. The quantitative estimate of drug-likeness (QED) is 0.797. The van der Waals surface area contributed by atoms with Gasteiger partial charge in [0, 0.05) is 6.20 Å². The summed E-state index contributed by atoms with van der Waals surface area (Å²) in [6, 6.07) is 3.16. The van der Waals surface area contributed by atoms with Crippen LogP contribution in [-0.4, -0.2) is 26.0 Å². The maximum absolute atomic E-state index is 11.1. The molecule has 0 bridgehead atoms. The molecule has 0 atom stereocenters. The molecule has 6 nitrogen and oxygen atoms in total. The number of ether oxygens (including phenoxy) is 1. The summed E-state index contributed by atoms with van der Waals surface area (Å²) in [4.78, 5) is 23.2. The zero-order valence-electron chi connectivity index (χ0n) is 10.4. The van der Waals surface area contributed by atoms with Gasteiger partial charge in [-0.3, -0.25) is 0 Å². The molecule has 0 aliphatic carbocycles. The average Bonchev–Trinajstić information content (AvgIpc) is 2.82. The molecule has 100 valence electrons. The summed E-state index contributed by atoms with van der Waals surface area (Å²) in [5.41, 5.74) is 1.69. The monoisotopic (exact) mass is 287 g/mol. The molecule has 0 aromatic carbocycles. The molecule has 7 heteroatoms. The molecule has 3 heterocycles. The van der Waals surface area contributed by atoms with Crippen LogP contribution in [0.2, 0.25) is 0 Å². The van der Waals surface area contributed by atoms with Crippen molar-refractivity contribution >= 4 is 27.5 Å². The van der Waals surface area contributed by atoms with Gasteiger partial charge in [0.05, 0.1) is 5.52 Å². The van der Waals surface area contributed by atoms with E-state index in [0.717, 1.165) is 15.8 Å². The zero-order chi connectivity index (χ0) is 14.1. The van der Waals surface area contributed by atoms with E-state index in [-0.39, 0.29) is 11.4 Å². The molecule has 3 rings (SSSR count). The van der Waals surface area contributed by atoms with E-state index in [1.807, 2.05) is 12.3 Å². The Labute approximate surface area is 117 Å². The number of thiophene rings is 1. The Morgan fingerprint density at radius 3 is 3.00 bits per heavy atom. The van der Waals surface area contributed by atoms with Crippen molar-refractivity contribution in [2.45, 2.75) is 6.92 Å². The van der Waals surface area contributed by atoms with Gasteiger partial charge < -0.3 is 9.84 Å². The topological polar surface area (TPSA) is 85.2 Å². The maximum atomic E-state index is 11.1.